The first-order valence-corrected chi connectivity index (χ1v) is 10.7. The number of pyridine rings is 1. The molecule has 1 N–H and O–H groups in total. The molecule has 0 radical (unpaired) electrons. The largest absolute Gasteiger partial charge is 0.353 e. The van der Waals surface area contributed by atoms with E-state index in [1.807, 2.05) is 12.3 Å². The Bertz CT molecular complexity index is 928. The van der Waals surface area contributed by atoms with Gasteiger partial charge < -0.3 is 5.32 Å². The number of benzene rings is 2. The third-order valence-electron chi connectivity index (χ3n) is 5.99. The third-order valence-corrected chi connectivity index (χ3v) is 5.99. The number of allylic oxidation sites excluding steroid dienone is 1. The average molecular weight is 397 g/mol. The van der Waals surface area contributed by atoms with Crippen molar-refractivity contribution in [2.75, 3.05) is 6.54 Å². The van der Waals surface area contributed by atoms with Gasteiger partial charge in [0, 0.05) is 24.4 Å². The Morgan fingerprint density at radius 2 is 1.67 bits per heavy atom. The molecule has 1 amide bonds. The molecule has 0 aliphatic heterocycles. The molecular weight excluding hydrogens is 368 g/mol. The molecule has 0 saturated heterocycles. The molecule has 1 aliphatic rings. The van der Waals surface area contributed by atoms with Gasteiger partial charge in [0.25, 0.3) is 0 Å². The van der Waals surface area contributed by atoms with Crippen molar-refractivity contribution >= 4 is 5.91 Å². The molecule has 3 aromatic rings. The van der Waals surface area contributed by atoms with Gasteiger partial charge in [0.2, 0.25) is 5.91 Å². The van der Waals surface area contributed by atoms with Crippen molar-refractivity contribution in [1.82, 2.24) is 10.3 Å². The van der Waals surface area contributed by atoms with Crippen LogP contribution in [0.25, 0.3) is 0 Å². The van der Waals surface area contributed by atoms with Crippen LogP contribution in [0.15, 0.2) is 97.3 Å². The van der Waals surface area contributed by atoms with Gasteiger partial charge in [0.15, 0.2) is 0 Å². The number of nitrogens with one attached hydrogen (secondary N) is 1. The number of aryl methyl sites for hydroxylation is 1. The van der Waals surface area contributed by atoms with Gasteiger partial charge in [-0.3, -0.25) is 9.78 Å². The van der Waals surface area contributed by atoms with E-state index in [1.54, 1.807) is 12.3 Å². The first-order valence-electron chi connectivity index (χ1n) is 10.7. The van der Waals surface area contributed by atoms with E-state index < -0.39 is 0 Å². The standard InChI is InChI=1S/C27H28N2O/c30-26(29-19-8-7-10-22-11-9-18-28-21-22)17-16-25-20-27(25,23-12-3-1-4-13-23)24-14-5-2-6-15-24/h1-6,9,11-18,21,25H,7-8,10,19-20H2,(H,29,30)/b17-16-/t25-/m1/s1. The highest BCUT2D eigenvalue weighted by Gasteiger charge is 2.54. The summed E-state index contributed by atoms with van der Waals surface area (Å²) in [6.07, 6.45) is 11.6. The Kier molecular flexibility index (Phi) is 6.38. The van der Waals surface area contributed by atoms with E-state index in [1.165, 1.54) is 16.7 Å². The van der Waals surface area contributed by atoms with E-state index in [-0.39, 0.29) is 11.3 Å². The van der Waals surface area contributed by atoms with Crippen molar-refractivity contribution in [3.63, 3.8) is 0 Å². The minimum absolute atomic E-state index is 0.00157. The summed E-state index contributed by atoms with van der Waals surface area (Å²) < 4.78 is 0. The second-order valence-corrected chi connectivity index (χ2v) is 7.98. The lowest BCUT2D eigenvalue weighted by atomic mass is 9.85. The van der Waals surface area contributed by atoms with Crippen molar-refractivity contribution in [2.45, 2.75) is 31.1 Å². The topological polar surface area (TPSA) is 42.0 Å². The van der Waals surface area contributed by atoms with Crippen LogP contribution in [0.2, 0.25) is 0 Å². The smallest absolute Gasteiger partial charge is 0.243 e. The highest BCUT2D eigenvalue weighted by Crippen LogP contribution is 2.59. The highest BCUT2D eigenvalue weighted by molar-refractivity contribution is 5.87. The van der Waals surface area contributed by atoms with Gasteiger partial charge in [-0.15, -0.1) is 0 Å². The molecule has 3 nitrogen and oxygen atoms in total. The summed E-state index contributed by atoms with van der Waals surface area (Å²) in [6, 6.07) is 25.3. The summed E-state index contributed by atoms with van der Waals surface area (Å²) in [5, 5.41) is 3.02. The van der Waals surface area contributed by atoms with Crippen LogP contribution in [0.4, 0.5) is 0 Å². The molecule has 3 heteroatoms. The Morgan fingerprint density at radius 1 is 0.967 bits per heavy atom. The molecule has 152 valence electrons. The van der Waals surface area contributed by atoms with Crippen molar-refractivity contribution in [3.05, 3.63) is 114 Å². The summed E-state index contributed by atoms with van der Waals surface area (Å²) in [4.78, 5) is 16.4. The summed E-state index contributed by atoms with van der Waals surface area (Å²) >= 11 is 0. The maximum atomic E-state index is 12.3. The van der Waals surface area contributed by atoms with E-state index in [2.05, 4.69) is 83.1 Å². The fourth-order valence-corrected chi connectivity index (χ4v) is 4.30. The molecule has 1 saturated carbocycles. The quantitative estimate of drug-likeness (QED) is 0.405. The van der Waals surface area contributed by atoms with Crippen LogP contribution in [-0.4, -0.2) is 17.4 Å². The second kappa shape index (κ2) is 9.53. The minimum atomic E-state index is -0.0109. The van der Waals surface area contributed by atoms with Crippen LogP contribution in [0.5, 0.6) is 0 Å². The third kappa shape index (κ3) is 4.68. The van der Waals surface area contributed by atoms with Crippen LogP contribution >= 0.6 is 0 Å². The fraction of sp³-hybridized carbons (Fsp3) is 0.259. The molecule has 0 unspecified atom stereocenters. The Morgan fingerprint density at radius 3 is 2.30 bits per heavy atom. The number of rotatable bonds is 9. The number of carbonyl (C=O) groups excluding carboxylic acids is 1. The molecule has 1 atom stereocenters. The molecular formula is C27H28N2O. The second-order valence-electron chi connectivity index (χ2n) is 7.98. The molecule has 30 heavy (non-hydrogen) atoms. The summed E-state index contributed by atoms with van der Waals surface area (Å²) in [6.45, 7) is 0.705. The molecule has 2 aromatic carbocycles. The zero-order chi connectivity index (χ0) is 20.7. The molecule has 1 heterocycles. The van der Waals surface area contributed by atoms with Gasteiger partial charge in [-0.1, -0.05) is 72.8 Å². The van der Waals surface area contributed by atoms with Crippen molar-refractivity contribution in [2.24, 2.45) is 5.92 Å². The molecule has 1 fully saturated rings. The number of aromatic nitrogens is 1. The van der Waals surface area contributed by atoms with Crippen LogP contribution in [0.3, 0.4) is 0 Å². The zero-order valence-corrected chi connectivity index (χ0v) is 17.2. The number of hydrogen-bond donors (Lipinski definition) is 1. The van der Waals surface area contributed by atoms with Crippen LogP contribution < -0.4 is 5.32 Å². The average Bonchev–Trinajstić information content (AvgIpc) is 3.55. The summed E-state index contributed by atoms with van der Waals surface area (Å²) in [5.41, 5.74) is 3.88. The van der Waals surface area contributed by atoms with Crippen LogP contribution in [0, 0.1) is 5.92 Å². The number of amides is 1. The van der Waals surface area contributed by atoms with Crippen molar-refractivity contribution in [1.29, 1.82) is 0 Å². The van der Waals surface area contributed by atoms with E-state index >= 15 is 0 Å². The minimum Gasteiger partial charge on any atom is -0.353 e. The predicted octanol–water partition coefficient (Wildman–Crippen LogP) is 5.08. The van der Waals surface area contributed by atoms with Gasteiger partial charge >= 0.3 is 0 Å². The first kappa shape index (κ1) is 20.1. The SMILES string of the molecule is O=C(/C=C\[C@@H]1CC1(c1ccccc1)c1ccccc1)NCCCCc1cccnc1. The summed E-state index contributed by atoms with van der Waals surface area (Å²) in [5.74, 6) is 0.344. The highest BCUT2D eigenvalue weighted by atomic mass is 16.1. The number of nitrogens with zero attached hydrogens (tertiary/aromatic N) is 1. The fourth-order valence-electron chi connectivity index (χ4n) is 4.30. The first-order chi connectivity index (χ1) is 14.8. The van der Waals surface area contributed by atoms with Gasteiger partial charge in [0.1, 0.15) is 0 Å². The Labute approximate surface area is 178 Å². The van der Waals surface area contributed by atoms with E-state index in [0.29, 0.717) is 12.5 Å². The lowest BCUT2D eigenvalue weighted by molar-refractivity contribution is -0.116. The van der Waals surface area contributed by atoms with Gasteiger partial charge in [-0.2, -0.15) is 0 Å². The predicted molar refractivity (Wildman–Crippen MR) is 121 cm³/mol. The van der Waals surface area contributed by atoms with Crippen molar-refractivity contribution < 1.29 is 4.79 Å². The van der Waals surface area contributed by atoms with E-state index in [9.17, 15) is 4.79 Å². The molecule has 0 bridgehead atoms. The lowest BCUT2D eigenvalue weighted by Crippen LogP contribution is -2.22. The number of hydrogen-bond acceptors (Lipinski definition) is 2. The maximum absolute atomic E-state index is 12.3. The molecule has 1 aliphatic carbocycles. The number of unbranched alkanes of at least 4 members (excludes halogenated alkanes) is 1. The lowest BCUT2D eigenvalue weighted by Gasteiger charge is -2.18. The number of carbonyl (C=O) groups is 1. The molecule has 0 spiro atoms. The Hall–Kier alpha value is -3.20. The van der Waals surface area contributed by atoms with E-state index in [4.69, 9.17) is 0 Å². The van der Waals surface area contributed by atoms with Crippen LogP contribution in [0.1, 0.15) is 36.0 Å². The summed E-state index contributed by atoms with van der Waals surface area (Å²) in [7, 11) is 0. The van der Waals surface area contributed by atoms with Gasteiger partial charge in [0.05, 0.1) is 0 Å². The molecule has 4 rings (SSSR count). The molecule has 1 aromatic heterocycles. The maximum Gasteiger partial charge on any atom is 0.243 e. The van der Waals surface area contributed by atoms with Gasteiger partial charge in [-0.25, -0.2) is 0 Å². The monoisotopic (exact) mass is 396 g/mol. The Balaban J connectivity index is 1.30. The van der Waals surface area contributed by atoms with E-state index in [0.717, 1.165) is 25.7 Å². The van der Waals surface area contributed by atoms with Gasteiger partial charge in [-0.05, 0) is 60.4 Å². The van der Waals surface area contributed by atoms with Crippen molar-refractivity contribution in [3.8, 4) is 0 Å². The van der Waals surface area contributed by atoms with Crippen LogP contribution in [-0.2, 0) is 16.6 Å². The normalized spacial score (nSPS) is 17.0. The zero-order valence-electron chi connectivity index (χ0n) is 17.2.